The third-order valence-electron chi connectivity index (χ3n) is 4.24. The van der Waals surface area contributed by atoms with Crippen LogP contribution in [0.1, 0.15) is 31.7 Å². The second-order valence-corrected chi connectivity index (χ2v) is 6.32. The molecule has 0 atom stereocenters. The van der Waals surface area contributed by atoms with E-state index in [1.165, 1.54) is 18.4 Å². The Bertz CT molecular complexity index is 466. The van der Waals surface area contributed by atoms with Crippen LogP contribution < -0.4 is 5.32 Å². The fraction of sp³-hybridized carbons (Fsp3) is 0.611. The van der Waals surface area contributed by atoms with E-state index >= 15 is 0 Å². The van der Waals surface area contributed by atoms with E-state index < -0.39 is 0 Å². The van der Waals surface area contributed by atoms with Gasteiger partial charge in [-0.15, -0.1) is 0 Å². The first kappa shape index (κ1) is 16.8. The molecule has 122 valence electrons. The summed E-state index contributed by atoms with van der Waals surface area (Å²) < 4.78 is 5.50. The van der Waals surface area contributed by atoms with Gasteiger partial charge in [0.2, 0.25) is 0 Å². The van der Waals surface area contributed by atoms with Crippen LogP contribution >= 0.6 is 0 Å². The SMILES string of the molecule is CCOCCC1(CNC(=NCc2ccccc2)N(C)C)CC1. The second kappa shape index (κ2) is 8.18. The molecule has 0 aliphatic heterocycles. The first-order chi connectivity index (χ1) is 10.7. The van der Waals surface area contributed by atoms with Crippen LogP contribution in [0.4, 0.5) is 0 Å². The van der Waals surface area contributed by atoms with Crippen molar-refractivity contribution in [1.29, 1.82) is 0 Å². The summed E-state index contributed by atoms with van der Waals surface area (Å²) in [5.41, 5.74) is 1.67. The molecular weight excluding hydrogens is 274 g/mol. The smallest absolute Gasteiger partial charge is 0.193 e. The zero-order chi connectivity index (χ0) is 15.8. The molecule has 4 heteroatoms. The number of nitrogens with one attached hydrogen (secondary N) is 1. The third-order valence-corrected chi connectivity index (χ3v) is 4.24. The van der Waals surface area contributed by atoms with Crippen LogP contribution in [0.25, 0.3) is 0 Å². The lowest BCUT2D eigenvalue weighted by Crippen LogP contribution is -2.39. The van der Waals surface area contributed by atoms with Gasteiger partial charge in [-0.2, -0.15) is 0 Å². The minimum atomic E-state index is 0.429. The molecule has 0 bridgehead atoms. The fourth-order valence-corrected chi connectivity index (χ4v) is 2.50. The van der Waals surface area contributed by atoms with Gasteiger partial charge in [0.15, 0.2) is 5.96 Å². The van der Waals surface area contributed by atoms with Crippen molar-refractivity contribution in [2.24, 2.45) is 10.4 Å². The topological polar surface area (TPSA) is 36.9 Å². The largest absolute Gasteiger partial charge is 0.382 e. The minimum Gasteiger partial charge on any atom is -0.382 e. The number of rotatable bonds is 8. The first-order valence-corrected chi connectivity index (χ1v) is 8.22. The van der Waals surface area contributed by atoms with Crippen LogP contribution in [-0.2, 0) is 11.3 Å². The van der Waals surface area contributed by atoms with Crippen LogP contribution in [-0.4, -0.2) is 44.7 Å². The maximum atomic E-state index is 5.50. The Morgan fingerprint density at radius 1 is 1.27 bits per heavy atom. The molecule has 1 aromatic carbocycles. The van der Waals surface area contributed by atoms with Crippen molar-refractivity contribution in [1.82, 2.24) is 10.2 Å². The quantitative estimate of drug-likeness (QED) is 0.456. The van der Waals surface area contributed by atoms with Gasteiger partial charge in [-0.25, -0.2) is 4.99 Å². The molecule has 0 spiro atoms. The lowest BCUT2D eigenvalue weighted by Gasteiger charge is -2.22. The lowest BCUT2D eigenvalue weighted by molar-refractivity contribution is 0.128. The summed E-state index contributed by atoms with van der Waals surface area (Å²) in [5, 5.41) is 3.54. The Balaban J connectivity index is 1.84. The monoisotopic (exact) mass is 303 g/mol. The van der Waals surface area contributed by atoms with E-state index in [-0.39, 0.29) is 0 Å². The van der Waals surface area contributed by atoms with Gasteiger partial charge in [0.05, 0.1) is 6.54 Å². The van der Waals surface area contributed by atoms with E-state index in [4.69, 9.17) is 9.73 Å². The first-order valence-electron chi connectivity index (χ1n) is 8.22. The standard InChI is InChI=1S/C18H29N3O/c1-4-22-13-12-18(10-11-18)15-20-17(21(2)3)19-14-16-8-6-5-7-9-16/h5-9H,4,10-15H2,1-3H3,(H,19,20). The maximum absolute atomic E-state index is 5.50. The summed E-state index contributed by atoms with van der Waals surface area (Å²) in [5.74, 6) is 0.964. The van der Waals surface area contributed by atoms with Crippen LogP contribution in [0.3, 0.4) is 0 Å². The van der Waals surface area contributed by atoms with Crippen molar-refractivity contribution in [2.45, 2.75) is 32.7 Å². The van der Waals surface area contributed by atoms with E-state index in [0.29, 0.717) is 12.0 Å². The molecule has 1 aliphatic carbocycles. The van der Waals surface area contributed by atoms with E-state index in [2.05, 4.69) is 41.4 Å². The fourth-order valence-electron chi connectivity index (χ4n) is 2.50. The van der Waals surface area contributed by atoms with Gasteiger partial charge in [0.25, 0.3) is 0 Å². The summed E-state index contributed by atoms with van der Waals surface area (Å²) in [7, 11) is 4.08. The van der Waals surface area contributed by atoms with Crippen LogP contribution in [0.2, 0.25) is 0 Å². The van der Waals surface area contributed by atoms with Crippen molar-refractivity contribution < 1.29 is 4.74 Å². The van der Waals surface area contributed by atoms with E-state index in [9.17, 15) is 0 Å². The van der Waals surface area contributed by atoms with Crippen molar-refractivity contribution in [3.05, 3.63) is 35.9 Å². The molecule has 2 rings (SSSR count). The highest BCUT2D eigenvalue weighted by Gasteiger charge is 2.42. The van der Waals surface area contributed by atoms with Gasteiger partial charge in [0.1, 0.15) is 0 Å². The van der Waals surface area contributed by atoms with Crippen molar-refractivity contribution >= 4 is 5.96 Å². The molecule has 1 aliphatic rings. The number of aliphatic imine (C=N–C) groups is 1. The number of hydrogen-bond donors (Lipinski definition) is 1. The van der Waals surface area contributed by atoms with E-state index in [1.807, 2.05) is 20.2 Å². The molecule has 22 heavy (non-hydrogen) atoms. The Kier molecular flexibility index (Phi) is 6.25. The Morgan fingerprint density at radius 2 is 2.00 bits per heavy atom. The molecule has 1 fully saturated rings. The van der Waals surface area contributed by atoms with Gasteiger partial charge < -0.3 is 15.0 Å². The summed E-state index contributed by atoms with van der Waals surface area (Å²) in [6.07, 6.45) is 3.74. The lowest BCUT2D eigenvalue weighted by atomic mass is 10.0. The average Bonchev–Trinajstić information content (AvgIpc) is 3.28. The number of nitrogens with zero attached hydrogens (tertiary/aromatic N) is 2. The van der Waals surface area contributed by atoms with Gasteiger partial charge in [-0.3, -0.25) is 0 Å². The molecule has 0 amide bonds. The normalized spacial score (nSPS) is 16.4. The number of benzene rings is 1. The van der Waals surface area contributed by atoms with E-state index in [0.717, 1.165) is 32.1 Å². The van der Waals surface area contributed by atoms with Gasteiger partial charge >= 0.3 is 0 Å². The van der Waals surface area contributed by atoms with Crippen molar-refractivity contribution in [3.63, 3.8) is 0 Å². The zero-order valence-corrected chi connectivity index (χ0v) is 14.1. The molecule has 0 saturated heterocycles. The molecule has 0 unspecified atom stereocenters. The molecule has 1 aromatic rings. The van der Waals surface area contributed by atoms with Gasteiger partial charge in [0, 0.05) is 33.9 Å². The predicted molar refractivity (Wildman–Crippen MR) is 92.0 cm³/mol. The summed E-state index contributed by atoms with van der Waals surface area (Å²) >= 11 is 0. The van der Waals surface area contributed by atoms with Crippen LogP contribution in [0.15, 0.2) is 35.3 Å². The average molecular weight is 303 g/mol. The highest BCUT2D eigenvalue weighted by Crippen LogP contribution is 2.48. The van der Waals surface area contributed by atoms with Gasteiger partial charge in [-0.1, -0.05) is 30.3 Å². The van der Waals surface area contributed by atoms with Crippen molar-refractivity contribution in [3.8, 4) is 0 Å². The number of ether oxygens (including phenoxy) is 1. The van der Waals surface area contributed by atoms with Crippen LogP contribution in [0, 0.1) is 5.41 Å². The highest BCUT2D eigenvalue weighted by atomic mass is 16.5. The predicted octanol–water partition coefficient (Wildman–Crippen LogP) is 2.90. The molecule has 4 nitrogen and oxygen atoms in total. The molecule has 0 aromatic heterocycles. The second-order valence-electron chi connectivity index (χ2n) is 6.32. The molecule has 0 heterocycles. The maximum Gasteiger partial charge on any atom is 0.193 e. The molecule has 1 saturated carbocycles. The zero-order valence-electron chi connectivity index (χ0n) is 14.1. The van der Waals surface area contributed by atoms with E-state index in [1.54, 1.807) is 0 Å². The summed E-state index contributed by atoms with van der Waals surface area (Å²) in [4.78, 5) is 6.78. The highest BCUT2D eigenvalue weighted by molar-refractivity contribution is 5.79. The third kappa shape index (κ3) is 5.34. The molecular formula is C18H29N3O. The minimum absolute atomic E-state index is 0.429. The van der Waals surface area contributed by atoms with Crippen molar-refractivity contribution in [2.75, 3.05) is 33.9 Å². The Labute approximate surface area is 134 Å². The molecule has 1 N–H and O–H groups in total. The summed E-state index contributed by atoms with van der Waals surface area (Å²) in [6, 6.07) is 10.4. The Morgan fingerprint density at radius 3 is 2.59 bits per heavy atom. The number of guanidine groups is 1. The number of hydrogen-bond acceptors (Lipinski definition) is 2. The molecule has 0 radical (unpaired) electrons. The van der Waals surface area contributed by atoms with Crippen LogP contribution in [0.5, 0.6) is 0 Å². The van der Waals surface area contributed by atoms with Gasteiger partial charge in [-0.05, 0) is 37.2 Å². The Hall–Kier alpha value is -1.55. The summed E-state index contributed by atoms with van der Waals surface area (Å²) in [6.45, 7) is 5.44.